The first-order valence-corrected chi connectivity index (χ1v) is 32.6. The SMILES string of the molecule is C.CP1(=O)N(c2ccc(F)cc2)CCN1c1ccc(F)cc1.C[C@@H](c1ccccc1)N1CCN([C@@H](C)c2ccccc2)P1(=O)NS(=O)(=O)C(F)(F)F.O=P1(NS(=O)(=O)C(F)(F)F)N(Cc2ccccc2)CCN1Cc1ccccc1. The Morgan fingerprint density at radius 1 is 0.463 bits per heavy atom. The van der Waals surface area contributed by atoms with Crippen LogP contribution in [0.25, 0.3) is 0 Å². The summed E-state index contributed by atoms with van der Waals surface area (Å²) >= 11 is 0. The third-order valence-electron chi connectivity index (χ3n) is 13.3. The summed E-state index contributed by atoms with van der Waals surface area (Å²) in [5, 5.41) is 0. The average molecular weight is 1220 g/mol. The van der Waals surface area contributed by atoms with E-state index in [2.05, 4.69) is 0 Å². The number of nitrogens with zero attached hydrogens (tertiary/aromatic N) is 6. The second kappa shape index (κ2) is 25.9. The van der Waals surface area contributed by atoms with Crippen LogP contribution in [0.4, 0.5) is 46.5 Å². The first kappa shape index (κ1) is 63.9. The van der Waals surface area contributed by atoms with Crippen LogP contribution in [0.15, 0.2) is 170 Å². The largest absolute Gasteiger partial charge is 0.511 e. The average Bonchev–Trinajstić information content (AvgIpc) is 4.06. The number of benzene rings is 6. The minimum atomic E-state index is -5.83. The van der Waals surface area contributed by atoms with Crippen LogP contribution in [-0.4, -0.2) is 92.5 Å². The second-order valence-electron chi connectivity index (χ2n) is 18.5. The van der Waals surface area contributed by atoms with Gasteiger partial charge in [0.25, 0.3) is 22.6 Å². The molecule has 0 aliphatic carbocycles. The molecule has 3 saturated heterocycles. The Bertz CT molecular complexity index is 3200. The van der Waals surface area contributed by atoms with Crippen molar-refractivity contribution in [3.63, 3.8) is 0 Å². The number of rotatable bonds is 14. The van der Waals surface area contributed by atoms with E-state index in [1.165, 1.54) is 51.9 Å². The Morgan fingerprint density at radius 2 is 0.762 bits per heavy atom. The molecule has 80 heavy (non-hydrogen) atoms. The van der Waals surface area contributed by atoms with Crippen molar-refractivity contribution in [1.29, 1.82) is 0 Å². The third-order valence-corrected chi connectivity index (χ3v) is 25.7. The van der Waals surface area contributed by atoms with Crippen LogP contribution in [0.1, 0.15) is 55.6 Å². The number of hydrogen-bond acceptors (Lipinski definition) is 7. The maximum absolute atomic E-state index is 14.0. The molecule has 15 nitrogen and oxygen atoms in total. The van der Waals surface area contributed by atoms with Gasteiger partial charge in [0, 0.05) is 82.5 Å². The second-order valence-corrected chi connectivity index (χ2v) is 29.8. The van der Waals surface area contributed by atoms with E-state index >= 15 is 0 Å². The minimum absolute atomic E-state index is 0. The van der Waals surface area contributed by atoms with Gasteiger partial charge in [-0.25, -0.2) is 44.3 Å². The van der Waals surface area contributed by atoms with Crippen molar-refractivity contribution < 1.29 is 65.7 Å². The lowest BCUT2D eigenvalue weighted by atomic mass is 10.1. The first-order valence-electron chi connectivity index (χ1n) is 24.4. The van der Waals surface area contributed by atoms with Crippen molar-refractivity contribution >= 4 is 54.1 Å². The number of sulfonamides is 2. The maximum Gasteiger partial charge on any atom is 0.511 e. The van der Waals surface area contributed by atoms with Crippen LogP contribution in [0, 0.1) is 11.6 Å². The highest BCUT2D eigenvalue weighted by molar-refractivity contribution is 7.96. The van der Waals surface area contributed by atoms with Crippen molar-refractivity contribution in [2.75, 3.05) is 55.3 Å². The lowest BCUT2D eigenvalue weighted by molar-refractivity contribution is -0.0448. The van der Waals surface area contributed by atoms with Crippen molar-refractivity contribution in [1.82, 2.24) is 27.7 Å². The van der Waals surface area contributed by atoms with Crippen LogP contribution in [0.5, 0.6) is 0 Å². The number of anilines is 2. The molecular formula is C52H61F8N8O7P3S2. The molecule has 2 atom stereocenters. The summed E-state index contributed by atoms with van der Waals surface area (Å²) in [6.45, 7) is 6.96. The molecule has 0 bridgehead atoms. The van der Waals surface area contributed by atoms with E-state index < -0.39 is 65.8 Å². The summed E-state index contributed by atoms with van der Waals surface area (Å²) in [4.78, 5) is 0. The Kier molecular flexibility index (Phi) is 20.7. The molecule has 3 heterocycles. The van der Waals surface area contributed by atoms with Gasteiger partial charge >= 0.3 is 31.1 Å². The third kappa shape index (κ3) is 14.7. The molecule has 3 aliphatic rings. The highest BCUT2D eigenvalue weighted by Crippen LogP contribution is 2.62. The van der Waals surface area contributed by atoms with Crippen LogP contribution in [0.3, 0.4) is 0 Å². The van der Waals surface area contributed by atoms with Gasteiger partial charge in [-0.05, 0) is 84.6 Å². The van der Waals surface area contributed by atoms with E-state index in [1.54, 1.807) is 175 Å². The fraction of sp³-hybridized carbons (Fsp3) is 0.308. The molecule has 2 N–H and O–H groups in total. The number of alkyl halides is 6. The molecule has 0 radical (unpaired) electrons. The fourth-order valence-electron chi connectivity index (χ4n) is 9.15. The summed E-state index contributed by atoms with van der Waals surface area (Å²) in [7, 11) is -23.0. The molecular weight excluding hydrogens is 1160 g/mol. The lowest BCUT2D eigenvalue weighted by Gasteiger charge is -2.36. The Balaban J connectivity index is 0.000000195. The fourth-order valence-corrected chi connectivity index (χ4v) is 20.6. The Hall–Kier alpha value is -5.29. The minimum Gasteiger partial charge on any atom is -0.305 e. The van der Waals surface area contributed by atoms with Crippen molar-refractivity contribution in [3.8, 4) is 0 Å². The molecule has 9 rings (SSSR count). The van der Waals surface area contributed by atoms with E-state index in [0.717, 1.165) is 33.6 Å². The van der Waals surface area contributed by atoms with E-state index in [-0.39, 0.29) is 58.3 Å². The van der Waals surface area contributed by atoms with E-state index in [1.807, 2.05) is 0 Å². The summed E-state index contributed by atoms with van der Waals surface area (Å²) in [6.07, 6.45) is 0. The lowest BCUT2D eigenvalue weighted by Crippen LogP contribution is -2.41. The molecule has 6 aromatic rings. The van der Waals surface area contributed by atoms with Gasteiger partial charge < -0.3 is 9.34 Å². The molecule has 0 amide bonds. The van der Waals surface area contributed by atoms with Gasteiger partial charge in [-0.15, -0.1) is 8.99 Å². The van der Waals surface area contributed by atoms with Gasteiger partial charge in [0.1, 0.15) is 11.6 Å². The van der Waals surface area contributed by atoms with E-state index in [4.69, 9.17) is 0 Å². The highest BCUT2D eigenvalue weighted by Gasteiger charge is 2.57. The summed E-state index contributed by atoms with van der Waals surface area (Å²) in [5.74, 6) is -0.640. The first-order chi connectivity index (χ1) is 37.1. The van der Waals surface area contributed by atoms with Gasteiger partial charge in [-0.2, -0.15) is 26.3 Å². The van der Waals surface area contributed by atoms with Crippen molar-refractivity contribution in [3.05, 3.63) is 204 Å². The molecule has 0 unspecified atom stereocenters. The molecule has 0 aromatic heterocycles. The van der Waals surface area contributed by atoms with Gasteiger partial charge in [0.05, 0.1) is 0 Å². The quantitative estimate of drug-likeness (QED) is 0.0783. The van der Waals surface area contributed by atoms with Crippen LogP contribution >= 0.6 is 22.6 Å². The van der Waals surface area contributed by atoms with Crippen LogP contribution < -0.4 is 18.3 Å². The Labute approximate surface area is 461 Å². The Morgan fingerprint density at radius 3 is 1.07 bits per heavy atom. The van der Waals surface area contributed by atoms with E-state index in [9.17, 15) is 65.7 Å². The predicted molar refractivity (Wildman–Crippen MR) is 296 cm³/mol. The molecule has 0 saturated carbocycles. The van der Waals surface area contributed by atoms with Crippen LogP contribution in [-0.2, 0) is 46.8 Å². The molecule has 3 fully saturated rings. The van der Waals surface area contributed by atoms with Gasteiger partial charge in [0.2, 0.25) is 0 Å². The zero-order valence-electron chi connectivity index (χ0n) is 42.7. The molecule has 28 heteroatoms. The standard InChI is InChI=1S/C19H23F3N3O3PS.C17H19F3N3O3PS.C15H15F2N2OP.CH4/c1-15(17-9-5-3-6-10-17)24-13-14-25(16(2)18-11-7-4-8-12-18)29(24,26)23-30(27,28)19(20,21)22;18-17(19,20)28(25,26)21-27(24)22(13-15-7-3-1-4-8-15)11-12-23(27)14-16-9-5-2-6-10-16;1-21(20)18(14-6-2-12(16)3-7-14)10-11-19(21)15-8-4-13(17)5-9-15;/h3-12,15-16H,13-14H2,1-2H3,(H,23,26);1-10H,11-14H2,(H,21,24);2-9H,10-11H2,1H3;1H4/t15-,16-;;;/m0.../s1. The number of nitrogens with one attached hydrogen (secondary N) is 2. The molecule has 0 spiro atoms. The molecule has 6 aromatic carbocycles. The zero-order valence-corrected chi connectivity index (χ0v) is 47.0. The number of hydrogen-bond donors (Lipinski definition) is 2. The van der Waals surface area contributed by atoms with Crippen LogP contribution in [0.2, 0.25) is 0 Å². The zero-order chi connectivity index (χ0) is 57.6. The monoisotopic (exact) mass is 1220 g/mol. The summed E-state index contributed by atoms with van der Waals surface area (Å²) in [6, 6.07) is 46.0. The van der Waals surface area contributed by atoms with Gasteiger partial charge in [-0.1, -0.05) is 129 Å². The molecule has 3 aliphatic heterocycles. The van der Waals surface area contributed by atoms with Crippen molar-refractivity contribution in [2.24, 2.45) is 0 Å². The van der Waals surface area contributed by atoms with E-state index in [0.29, 0.717) is 13.1 Å². The normalized spacial score (nSPS) is 18.5. The highest BCUT2D eigenvalue weighted by atomic mass is 32.2. The van der Waals surface area contributed by atoms with Gasteiger partial charge in [-0.3, -0.25) is 13.7 Å². The molecule has 434 valence electrons. The predicted octanol–water partition coefficient (Wildman–Crippen LogP) is 13.0. The van der Waals surface area contributed by atoms with Gasteiger partial charge in [0.15, 0.2) is 0 Å². The number of halogens is 8. The van der Waals surface area contributed by atoms with Crippen molar-refractivity contribution in [2.45, 2.75) is 57.5 Å². The maximum atomic E-state index is 14.0. The smallest absolute Gasteiger partial charge is 0.305 e. The summed E-state index contributed by atoms with van der Waals surface area (Å²) in [5.41, 5.74) is -6.79. The summed E-state index contributed by atoms with van der Waals surface area (Å²) < 4.78 is 204. The topological polar surface area (TPSA) is 163 Å².